The second-order valence-corrected chi connectivity index (χ2v) is 8.45. The van der Waals surface area contributed by atoms with Crippen molar-refractivity contribution in [1.82, 2.24) is 9.80 Å². The molecule has 0 radical (unpaired) electrons. The predicted molar refractivity (Wildman–Crippen MR) is 105 cm³/mol. The van der Waals surface area contributed by atoms with Crippen molar-refractivity contribution < 1.29 is 23.8 Å². The third-order valence-electron chi connectivity index (χ3n) is 4.85. The first kappa shape index (κ1) is 20.3. The van der Waals surface area contributed by atoms with Crippen LogP contribution < -0.4 is 9.47 Å². The molecule has 1 atom stereocenters. The van der Waals surface area contributed by atoms with Crippen molar-refractivity contribution in [3.05, 3.63) is 23.8 Å². The second kappa shape index (κ2) is 8.29. The zero-order valence-electron chi connectivity index (χ0n) is 17.2. The number of para-hydroxylation sites is 1. The van der Waals surface area contributed by atoms with Gasteiger partial charge in [0.25, 0.3) is 5.91 Å². The van der Waals surface area contributed by atoms with Gasteiger partial charge in [-0.3, -0.25) is 4.79 Å². The van der Waals surface area contributed by atoms with Crippen LogP contribution in [0.4, 0.5) is 4.79 Å². The van der Waals surface area contributed by atoms with Crippen molar-refractivity contribution in [3.8, 4) is 11.5 Å². The van der Waals surface area contributed by atoms with E-state index in [1.807, 2.05) is 26.8 Å². The number of nitrogens with zero attached hydrogens (tertiary/aromatic N) is 2. The quantitative estimate of drug-likeness (QED) is 0.793. The molecule has 0 aromatic heterocycles. The van der Waals surface area contributed by atoms with Crippen molar-refractivity contribution in [1.29, 1.82) is 0 Å². The maximum absolute atomic E-state index is 13.0. The van der Waals surface area contributed by atoms with Crippen molar-refractivity contribution in [3.63, 3.8) is 0 Å². The van der Waals surface area contributed by atoms with E-state index in [1.165, 1.54) is 0 Å². The summed E-state index contributed by atoms with van der Waals surface area (Å²) in [5.74, 6) is 1.24. The number of benzene rings is 1. The summed E-state index contributed by atoms with van der Waals surface area (Å²) in [6.07, 6.45) is 1.60. The van der Waals surface area contributed by atoms with Gasteiger partial charge in [0.1, 0.15) is 18.8 Å². The summed E-state index contributed by atoms with van der Waals surface area (Å²) in [5.41, 5.74) is 0.00476. The zero-order chi connectivity index (χ0) is 20.3. The smallest absolute Gasteiger partial charge is 0.410 e. The SMILES string of the molecule is CN(C[C@@H]1CCCN(C(=O)OC(C)(C)C)C1)C(=O)c1cccc2c1OCCO2. The molecule has 2 aliphatic heterocycles. The minimum Gasteiger partial charge on any atom is -0.486 e. The van der Waals surface area contributed by atoms with E-state index in [9.17, 15) is 9.59 Å². The van der Waals surface area contributed by atoms with E-state index in [0.29, 0.717) is 49.9 Å². The maximum Gasteiger partial charge on any atom is 0.410 e. The molecule has 1 saturated heterocycles. The number of ether oxygens (including phenoxy) is 3. The number of carbonyl (C=O) groups excluding carboxylic acids is 2. The van der Waals surface area contributed by atoms with Gasteiger partial charge in [-0.15, -0.1) is 0 Å². The largest absolute Gasteiger partial charge is 0.486 e. The van der Waals surface area contributed by atoms with Gasteiger partial charge in [-0.05, 0) is 51.7 Å². The van der Waals surface area contributed by atoms with Crippen LogP contribution in [0.2, 0.25) is 0 Å². The highest BCUT2D eigenvalue weighted by molar-refractivity contribution is 5.97. The van der Waals surface area contributed by atoms with Gasteiger partial charge in [-0.2, -0.15) is 0 Å². The summed E-state index contributed by atoms with van der Waals surface area (Å²) in [4.78, 5) is 28.8. The number of rotatable bonds is 3. The van der Waals surface area contributed by atoms with E-state index in [-0.39, 0.29) is 17.9 Å². The number of fused-ring (bicyclic) bond motifs is 1. The monoisotopic (exact) mass is 390 g/mol. The summed E-state index contributed by atoms with van der Waals surface area (Å²) < 4.78 is 16.7. The third kappa shape index (κ3) is 4.88. The van der Waals surface area contributed by atoms with Crippen LogP contribution in [0.3, 0.4) is 0 Å². The number of piperidine rings is 1. The van der Waals surface area contributed by atoms with Gasteiger partial charge in [-0.1, -0.05) is 6.07 Å². The lowest BCUT2D eigenvalue weighted by Gasteiger charge is -2.35. The molecule has 0 bridgehead atoms. The van der Waals surface area contributed by atoms with Crippen molar-refractivity contribution in [2.24, 2.45) is 5.92 Å². The molecule has 0 spiro atoms. The zero-order valence-corrected chi connectivity index (χ0v) is 17.2. The fraction of sp³-hybridized carbons (Fsp3) is 0.619. The Morgan fingerprint density at radius 2 is 2.00 bits per heavy atom. The summed E-state index contributed by atoms with van der Waals surface area (Å²) in [5, 5.41) is 0. The molecular weight excluding hydrogens is 360 g/mol. The van der Waals surface area contributed by atoms with Crippen LogP contribution in [0.5, 0.6) is 11.5 Å². The first-order chi connectivity index (χ1) is 13.2. The highest BCUT2D eigenvalue weighted by Crippen LogP contribution is 2.34. The minimum atomic E-state index is -0.509. The van der Waals surface area contributed by atoms with Crippen LogP contribution >= 0.6 is 0 Å². The van der Waals surface area contributed by atoms with Gasteiger partial charge < -0.3 is 24.0 Å². The fourth-order valence-electron chi connectivity index (χ4n) is 3.62. The molecule has 0 saturated carbocycles. The maximum atomic E-state index is 13.0. The molecule has 7 heteroatoms. The number of amides is 2. The highest BCUT2D eigenvalue weighted by atomic mass is 16.6. The Kier molecular flexibility index (Phi) is 6.01. The van der Waals surface area contributed by atoms with E-state index in [2.05, 4.69) is 0 Å². The van der Waals surface area contributed by atoms with Crippen LogP contribution in [0.15, 0.2) is 18.2 Å². The Morgan fingerprint density at radius 1 is 1.25 bits per heavy atom. The number of likely N-dealkylation sites (tertiary alicyclic amines) is 1. The summed E-state index contributed by atoms with van der Waals surface area (Å²) >= 11 is 0. The first-order valence-corrected chi connectivity index (χ1v) is 9.86. The molecule has 28 heavy (non-hydrogen) atoms. The molecule has 0 unspecified atom stereocenters. The molecule has 2 heterocycles. The molecule has 0 aliphatic carbocycles. The van der Waals surface area contributed by atoms with Crippen molar-refractivity contribution >= 4 is 12.0 Å². The Labute approximate surface area is 166 Å². The van der Waals surface area contributed by atoms with E-state index >= 15 is 0 Å². The molecule has 1 aromatic rings. The first-order valence-electron chi connectivity index (χ1n) is 9.86. The minimum absolute atomic E-state index is 0.100. The van der Waals surface area contributed by atoms with Crippen LogP contribution in [0.1, 0.15) is 44.0 Å². The van der Waals surface area contributed by atoms with E-state index < -0.39 is 5.60 Å². The summed E-state index contributed by atoms with van der Waals surface area (Å²) in [7, 11) is 1.79. The Morgan fingerprint density at radius 3 is 2.75 bits per heavy atom. The lowest BCUT2D eigenvalue weighted by molar-refractivity contribution is 0.0151. The van der Waals surface area contributed by atoms with E-state index in [0.717, 1.165) is 12.8 Å². The van der Waals surface area contributed by atoms with E-state index in [4.69, 9.17) is 14.2 Å². The molecule has 7 nitrogen and oxygen atoms in total. The van der Waals surface area contributed by atoms with Crippen LogP contribution in [0.25, 0.3) is 0 Å². The van der Waals surface area contributed by atoms with Crippen LogP contribution in [0, 0.1) is 5.92 Å². The Hall–Kier alpha value is -2.44. The predicted octanol–water partition coefficient (Wildman–Crippen LogP) is 3.18. The average Bonchev–Trinajstić information content (AvgIpc) is 2.66. The van der Waals surface area contributed by atoms with Gasteiger partial charge in [0.15, 0.2) is 11.5 Å². The van der Waals surface area contributed by atoms with Gasteiger partial charge in [-0.25, -0.2) is 4.79 Å². The van der Waals surface area contributed by atoms with Crippen molar-refractivity contribution in [2.45, 2.75) is 39.2 Å². The molecule has 1 aromatic carbocycles. The molecule has 154 valence electrons. The normalized spacial score (nSPS) is 19.1. The third-order valence-corrected chi connectivity index (χ3v) is 4.85. The van der Waals surface area contributed by atoms with Crippen molar-refractivity contribution in [2.75, 3.05) is 39.9 Å². The highest BCUT2D eigenvalue weighted by Gasteiger charge is 2.30. The molecule has 2 amide bonds. The lowest BCUT2D eigenvalue weighted by Crippen LogP contribution is -2.45. The number of carbonyl (C=O) groups is 2. The molecule has 1 fully saturated rings. The van der Waals surface area contributed by atoms with Gasteiger partial charge >= 0.3 is 6.09 Å². The molecule has 0 N–H and O–H groups in total. The average molecular weight is 390 g/mol. The summed E-state index contributed by atoms with van der Waals surface area (Å²) in [6.45, 7) is 8.39. The summed E-state index contributed by atoms with van der Waals surface area (Å²) in [6, 6.07) is 5.38. The molecule has 2 aliphatic rings. The Bertz CT molecular complexity index is 728. The standard InChI is InChI=1S/C21H30N2O5/c1-21(2,3)28-20(25)23-10-6-7-15(14-23)13-22(4)19(24)16-8-5-9-17-18(16)27-12-11-26-17/h5,8-9,15H,6-7,10-14H2,1-4H3/t15-/m0/s1. The van der Waals surface area contributed by atoms with Gasteiger partial charge in [0, 0.05) is 26.7 Å². The van der Waals surface area contributed by atoms with Crippen LogP contribution in [-0.2, 0) is 4.74 Å². The number of hydrogen-bond acceptors (Lipinski definition) is 5. The lowest BCUT2D eigenvalue weighted by atomic mass is 9.97. The molecule has 3 rings (SSSR count). The van der Waals surface area contributed by atoms with Gasteiger partial charge in [0.2, 0.25) is 0 Å². The van der Waals surface area contributed by atoms with E-state index in [1.54, 1.807) is 29.0 Å². The second-order valence-electron chi connectivity index (χ2n) is 8.45. The number of hydrogen-bond donors (Lipinski definition) is 0. The Balaban J connectivity index is 1.62. The van der Waals surface area contributed by atoms with Crippen LogP contribution in [-0.4, -0.2) is 67.3 Å². The fourth-order valence-corrected chi connectivity index (χ4v) is 3.62. The van der Waals surface area contributed by atoms with Gasteiger partial charge in [0.05, 0.1) is 5.56 Å². The molecular formula is C21H30N2O5. The topological polar surface area (TPSA) is 68.3 Å².